The van der Waals surface area contributed by atoms with E-state index in [-0.39, 0.29) is 17.7 Å². The Bertz CT molecular complexity index is 499. The first-order chi connectivity index (χ1) is 10.1. The van der Waals surface area contributed by atoms with E-state index in [0.29, 0.717) is 13.2 Å². The predicted octanol–water partition coefficient (Wildman–Crippen LogP) is 2.28. The molecule has 2 rings (SSSR count). The van der Waals surface area contributed by atoms with Crippen molar-refractivity contribution in [3.05, 3.63) is 24.3 Å². The van der Waals surface area contributed by atoms with Gasteiger partial charge in [-0.25, -0.2) is 0 Å². The molecule has 0 aliphatic carbocycles. The fraction of sp³-hybridized carbons (Fsp3) is 0.500. The number of amides is 2. The highest BCUT2D eigenvalue weighted by Crippen LogP contribution is 2.20. The van der Waals surface area contributed by atoms with Gasteiger partial charge >= 0.3 is 0 Å². The van der Waals surface area contributed by atoms with E-state index >= 15 is 0 Å². The van der Waals surface area contributed by atoms with Gasteiger partial charge in [-0.05, 0) is 44.0 Å². The molecule has 114 valence electrons. The Labute approximate surface area is 125 Å². The van der Waals surface area contributed by atoms with E-state index in [4.69, 9.17) is 4.74 Å². The molecule has 0 aromatic heterocycles. The molecule has 1 N–H and O–H groups in total. The summed E-state index contributed by atoms with van der Waals surface area (Å²) in [7, 11) is 0. The Kier molecular flexibility index (Phi) is 5.20. The molecule has 1 aliphatic heterocycles. The monoisotopic (exact) mass is 290 g/mol. The first-order valence-corrected chi connectivity index (χ1v) is 7.39. The third-order valence-corrected chi connectivity index (χ3v) is 3.67. The summed E-state index contributed by atoms with van der Waals surface area (Å²) in [6.45, 7) is 5.36. The Morgan fingerprint density at radius 3 is 2.67 bits per heavy atom. The summed E-state index contributed by atoms with van der Waals surface area (Å²) in [4.78, 5) is 25.4. The molecule has 2 amide bonds. The van der Waals surface area contributed by atoms with Crippen LogP contribution >= 0.6 is 0 Å². The number of nitrogens with zero attached hydrogens (tertiary/aromatic N) is 1. The van der Waals surface area contributed by atoms with Crippen LogP contribution in [0.5, 0.6) is 5.75 Å². The van der Waals surface area contributed by atoms with E-state index in [0.717, 1.165) is 30.8 Å². The van der Waals surface area contributed by atoms with Gasteiger partial charge in [-0.1, -0.05) is 0 Å². The number of hydrogen-bond donors (Lipinski definition) is 1. The molecule has 21 heavy (non-hydrogen) atoms. The maximum absolute atomic E-state index is 12.3. The molecule has 1 heterocycles. The molecule has 5 nitrogen and oxygen atoms in total. The summed E-state index contributed by atoms with van der Waals surface area (Å²) in [6.07, 6.45) is 1.70. The smallest absolute Gasteiger partial charge is 0.229 e. The summed E-state index contributed by atoms with van der Waals surface area (Å²) in [5.74, 6) is 0.670. The molecule has 0 radical (unpaired) electrons. The van der Waals surface area contributed by atoms with Crippen molar-refractivity contribution in [1.82, 2.24) is 4.90 Å². The zero-order valence-corrected chi connectivity index (χ0v) is 12.6. The molecule has 1 fully saturated rings. The lowest BCUT2D eigenvalue weighted by molar-refractivity contribution is -0.132. The van der Waals surface area contributed by atoms with E-state index in [1.165, 1.54) is 0 Å². The quantitative estimate of drug-likeness (QED) is 0.925. The van der Waals surface area contributed by atoms with Crippen molar-refractivity contribution in [3.63, 3.8) is 0 Å². The van der Waals surface area contributed by atoms with Gasteiger partial charge in [0.25, 0.3) is 0 Å². The summed E-state index contributed by atoms with van der Waals surface area (Å²) in [5.41, 5.74) is 0.753. The number of piperidine rings is 1. The normalized spacial score (nSPS) is 18.2. The van der Waals surface area contributed by atoms with Crippen LogP contribution in [0.2, 0.25) is 0 Å². The Morgan fingerprint density at radius 1 is 1.33 bits per heavy atom. The second kappa shape index (κ2) is 7.11. The summed E-state index contributed by atoms with van der Waals surface area (Å²) in [6, 6.07) is 7.33. The molecule has 0 bridgehead atoms. The minimum absolute atomic E-state index is 0.0230. The predicted molar refractivity (Wildman–Crippen MR) is 81.2 cm³/mol. The van der Waals surface area contributed by atoms with E-state index < -0.39 is 0 Å². The number of rotatable bonds is 4. The Balaban J connectivity index is 1.92. The van der Waals surface area contributed by atoms with Crippen LogP contribution < -0.4 is 10.1 Å². The molecule has 0 saturated carbocycles. The third kappa shape index (κ3) is 4.21. The second-order valence-electron chi connectivity index (χ2n) is 5.25. The standard InChI is InChI=1S/C16H22N2O3/c1-3-21-15-8-6-14(7-9-15)17-16(20)13-5-4-10-18(11-13)12(2)19/h6-9,13H,3-5,10-11H2,1-2H3,(H,17,20)/t13-/m1/s1. The number of carbonyl (C=O) groups is 2. The highest BCUT2D eigenvalue weighted by molar-refractivity contribution is 5.93. The number of ether oxygens (including phenoxy) is 1. The molecular weight excluding hydrogens is 268 g/mol. The van der Waals surface area contributed by atoms with Crippen molar-refractivity contribution in [2.45, 2.75) is 26.7 Å². The first-order valence-electron chi connectivity index (χ1n) is 7.39. The Hall–Kier alpha value is -2.04. The fourth-order valence-corrected chi connectivity index (χ4v) is 2.52. The van der Waals surface area contributed by atoms with Crippen molar-refractivity contribution in [2.24, 2.45) is 5.92 Å². The Morgan fingerprint density at radius 2 is 2.05 bits per heavy atom. The average Bonchev–Trinajstić information content (AvgIpc) is 2.49. The zero-order chi connectivity index (χ0) is 15.2. The summed E-state index contributed by atoms with van der Waals surface area (Å²) in [5, 5.41) is 2.91. The van der Waals surface area contributed by atoms with Crippen LogP contribution in [0, 0.1) is 5.92 Å². The highest BCUT2D eigenvalue weighted by atomic mass is 16.5. The van der Waals surface area contributed by atoms with Crippen molar-refractivity contribution in [3.8, 4) is 5.75 Å². The van der Waals surface area contributed by atoms with Crippen molar-refractivity contribution in [1.29, 1.82) is 0 Å². The van der Waals surface area contributed by atoms with Crippen LogP contribution in [-0.2, 0) is 9.59 Å². The number of benzene rings is 1. The number of nitrogens with one attached hydrogen (secondary N) is 1. The minimum Gasteiger partial charge on any atom is -0.494 e. The summed E-state index contributed by atoms with van der Waals surface area (Å²) >= 11 is 0. The number of anilines is 1. The van der Waals surface area contributed by atoms with Gasteiger partial charge in [0, 0.05) is 25.7 Å². The lowest BCUT2D eigenvalue weighted by Crippen LogP contribution is -2.42. The van der Waals surface area contributed by atoms with Crippen LogP contribution in [-0.4, -0.2) is 36.4 Å². The van der Waals surface area contributed by atoms with Crippen molar-refractivity contribution < 1.29 is 14.3 Å². The topological polar surface area (TPSA) is 58.6 Å². The molecule has 0 unspecified atom stereocenters. The van der Waals surface area contributed by atoms with Gasteiger partial charge < -0.3 is 15.0 Å². The minimum atomic E-state index is -0.130. The number of hydrogen-bond acceptors (Lipinski definition) is 3. The largest absolute Gasteiger partial charge is 0.494 e. The molecule has 1 atom stereocenters. The van der Waals surface area contributed by atoms with E-state index in [2.05, 4.69) is 5.32 Å². The molecule has 0 spiro atoms. The van der Waals surface area contributed by atoms with Crippen LogP contribution in [0.1, 0.15) is 26.7 Å². The third-order valence-electron chi connectivity index (χ3n) is 3.67. The van der Waals surface area contributed by atoms with Gasteiger partial charge in [-0.15, -0.1) is 0 Å². The number of carbonyl (C=O) groups excluding carboxylic acids is 2. The lowest BCUT2D eigenvalue weighted by atomic mass is 9.97. The van der Waals surface area contributed by atoms with Crippen LogP contribution in [0.25, 0.3) is 0 Å². The van der Waals surface area contributed by atoms with Crippen molar-refractivity contribution >= 4 is 17.5 Å². The van der Waals surface area contributed by atoms with E-state index in [1.807, 2.05) is 31.2 Å². The van der Waals surface area contributed by atoms with Gasteiger partial charge in [-0.2, -0.15) is 0 Å². The number of likely N-dealkylation sites (tertiary alicyclic amines) is 1. The van der Waals surface area contributed by atoms with E-state index in [1.54, 1.807) is 11.8 Å². The molecular formula is C16H22N2O3. The highest BCUT2D eigenvalue weighted by Gasteiger charge is 2.26. The van der Waals surface area contributed by atoms with Crippen molar-refractivity contribution in [2.75, 3.05) is 25.0 Å². The lowest BCUT2D eigenvalue weighted by Gasteiger charge is -2.31. The molecule has 1 aliphatic rings. The van der Waals surface area contributed by atoms with Crippen LogP contribution in [0.4, 0.5) is 5.69 Å². The molecule has 1 saturated heterocycles. The SMILES string of the molecule is CCOc1ccc(NC(=O)[C@@H]2CCCN(C(C)=O)C2)cc1. The molecule has 1 aromatic rings. The van der Waals surface area contributed by atoms with Gasteiger partial charge in [0.15, 0.2) is 0 Å². The van der Waals surface area contributed by atoms with Gasteiger partial charge in [-0.3, -0.25) is 9.59 Å². The second-order valence-corrected chi connectivity index (χ2v) is 5.25. The fourth-order valence-electron chi connectivity index (χ4n) is 2.52. The van der Waals surface area contributed by atoms with Gasteiger partial charge in [0.2, 0.25) is 11.8 Å². The van der Waals surface area contributed by atoms with Gasteiger partial charge in [0.1, 0.15) is 5.75 Å². The van der Waals surface area contributed by atoms with Gasteiger partial charge in [0.05, 0.1) is 12.5 Å². The van der Waals surface area contributed by atoms with E-state index in [9.17, 15) is 9.59 Å². The van der Waals surface area contributed by atoms with Crippen LogP contribution in [0.15, 0.2) is 24.3 Å². The maximum atomic E-state index is 12.3. The molecule has 5 heteroatoms. The first kappa shape index (κ1) is 15.4. The van der Waals surface area contributed by atoms with Crippen LogP contribution in [0.3, 0.4) is 0 Å². The maximum Gasteiger partial charge on any atom is 0.229 e. The summed E-state index contributed by atoms with van der Waals surface area (Å²) < 4.78 is 5.37. The average molecular weight is 290 g/mol. The zero-order valence-electron chi connectivity index (χ0n) is 12.6. The molecule has 1 aromatic carbocycles.